The SMILES string of the molecule is O=S(=O)(NCc1nccc(N2CCOCC2)n1)c1cc(F)ccc1F. The summed E-state index contributed by atoms with van der Waals surface area (Å²) in [6.45, 7) is 2.29. The summed E-state index contributed by atoms with van der Waals surface area (Å²) in [7, 11) is -4.23. The van der Waals surface area contributed by atoms with Gasteiger partial charge in [-0.1, -0.05) is 0 Å². The fourth-order valence-electron chi connectivity index (χ4n) is 2.36. The number of nitrogens with one attached hydrogen (secondary N) is 1. The number of ether oxygens (including phenoxy) is 1. The van der Waals surface area contributed by atoms with Gasteiger partial charge in [0.05, 0.1) is 19.8 Å². The maximum Gasteiger partial charge on any atom is 0.243 e. The van der Waals surface area contributed by atoms with Gasteiger partial charge < -0.3 is 9.64 Å². The molecule has 0 atom stereocenters. The number of hydrogen-bond acceptors (Lipinski definition) is 6. The molecule has 0 aliphatic carbocycles. The largest absolute Gasteiger partial charge is 0.378 e. The van der Waals surface area contributed by atoms with Gasteiger partial charge in [-0.15, -0.1) is 0 Å². The lowest BCUT2D eigenvalue weighted by molar-refractivity contribution is 0.122. The lowest BCUT2D eigenvalue weighted by atomic mass is 10.3. The van der Waals surface area contributed by atoms with Crippen LogP contribution in [0.15, 0.2) is 35.4 Å². The summed E-state index contributed by atoms with van der Waals surface area (Å²) in [5, 5.41) is 0. The Morgan fingerprint density at radius 2 is 1.96 bits per heavy atom. The molecule has 1 aliphatic heterocycles. The molecule has 1 N–H and O–H groups in total. The molecule has 0 amide bonds. The number of rotatable bonds is 5. The normalized spacial score (nSPS) is 15.4. The highest BCUT2D eigenvalue weighted by Crippen LogP contribution is 2.16. The van der Waals surface area contributed by atoms with E-state index in [4.69, 9.17) is 4.74 Å². The van der Waals surface area contributed by atoms with E-state index in [1.807, 2.05) is 4.90 Å². The van der Waals surface area contributed by atoms with E-state index >= 15 is 0 Å². The molecule has 2 heterocycles. The maximum atomic E-state index is 13.7. The van der Waals surface area contributed by atoms with Crippen molar-refractivity contribution in [2.24, 2.45) is 0 Å². The zero-order valence-corrected chi connectivity index (χ0v) is 14.0. The first-order chi connectivity index (χ1) is 12.0. The van der Waals surface area contributed by atoms with Crippen LogP contribution < -0.4 is 9.62 Å². The third-order valence-corrected chi connectivity index (χ3v) is 5.05. The van der Waals surface area contributed by atoms with Crippen molar-refractivity contribution in [3.8, 4) is 0 Å². The highest BCUT2D eigenvalue weighted by molar-refractivity contribution is 7.89. The third kappa shape index (κ3) is 4.27. The lowest BCUT2D eigenvalue weighted by Crippen LogP contribution is -2.37. The first kappa shape index (κ1) is 17.6. The quantitative estimate of drug-likeness (QED) is 0.848. The Bertz CT molecular complexity index is 858. The smallest absolute Gasteiger partial charge is 0.243 e. The molecule has 134 valence electrons. The Labute approximate surface area is 143 Å². The molecule has 0 bridgehead atoms. The molecule has 1 saturated heterocycles. The Morgan fingerprint density at radius 3 is 2.72 bits per heavy atom. The van der Waals surface area contributed by atoms with Gasteiger partial charge in [-0.2, -0.15) is 0 Å². The molecule has 10 heteroatoms. The summed E-state index contributed by atoms with van der Waals surface area (Å²) in [5.74, 6) is -0.988. The monoisotopic (exact) mass is 370 g/mol. The van der Waals surface area contributed by atoms with E-state index in [2.05, 4.69) is 14.7 Å². The van der Waals surface area contributed by atoms with E-state index in [0.29, 0.717) is 38.2 Å². The maximum absolute atomic E-state index is 13.7. The molecule has 0 saturated carbocycles. The highest BCUT2D eigenvalue weighted by Gasteiger charge is 2.20. The number of hydrogen-bond donors (Lipinski definition) is 1. The van der Waals surface area contributed by atoms with Gasteiger partial charge in [-0.05, 0) is 24.3 Å². The number of benzene rings is 1. The van der Waals surface area contributed by atoms with Crippen LogP contribution in [0.3, 0.4) is 0 Å². The Kier molecular flexibility index (Phi) is 5.21. The van der Waals surface area contributed by atoms with E-state index in [1.165, 1.54) is 6.20 Å². The zero-order valence-electron chi connectivity index (χ0n) is 13.2. The van der Waals surface area contributed by atoms with Crippen LogP contribution in [0.25, 0.3) is 0 Å². The van der Waals surface area contributed by atoms with E-state index < -0.39 is 26.6 Å². The van der Waals surface area contributed by atoms with E-state index in [9.17, 15) is 17.2 Å². The predicted molar refractivity (Wildman–Crippen MR) is 85.4 cm³/mol. The van der Waals surface area contributed by atoms with Crippen molar-refractivity contribution >= 4 is 15.8 Å². The van der Waals surface area contributed by atoms with E-state index in [1.54, 1.807) is 6.07 Å². The van der Waals surface area contributed by atoms with Crippen LogP contribution in [0.2, 0.25) is 0 Å². The van der Waals surface area contributed by atoms with Crippen molar-refractivity contribution in [2.45, 2.75) is 11.4 Å². The second-order valence-electron chi connectivity index (χ2n) is 5.33. The van der Waals surface area contributed by atoms with Crippen molar-refractivity contribution in [1.29, 1.82) is 0 Å². The summed E-state index contributed by atoms with van der Waals surface area (Å²) < 4.78 is 58.7. The first-order valence-electron chi connectivity index (χ1n) is 7.55. The van der Waals surface area contributed by atoms with Crippen LogP contribution in [0.4, 0.5) is 14.6 Å². The van der Waals surface area contributed by atoms with Gasteiger partial charge in [-0.3, -0.25) is 0 Å². The van der Waals surface area contributed by atoms with Crippen molar-refractivity contribution < 1.29 is 21.9 Å². The van der Waals surface area contributed by atoms with Gasteiger partial charge in [0.15, 0.2) is 0 Å². The van der Waals surface area contributed by atoms with Crippen LogP contribution in [0, 0.1) is 11.6 Å². The van der Waals surface area contributed by atoms with Gasteiger partial charge in [0.1, 0.15) is 28.2 Å². The third-order valence-electron chi connectivity index (χ3n) is 3.63. The van der Waals surface area contributed by atoms with Gasteiger partial charge in [0, 0.05) is 19.3 Å². The molecule has 0 radical (unpaired) electrons. The van der Waals surface area contributed by atoms with Gasteiger partial charge in [0.25, 0.3) is 0 Å². The molecule has 1 fully saturated rings. The fourth-order valence-corrected chi connectivity index (χ4v) is 3.43. The fraction of sp³-hybridized carbons (Fsp3) is 0.333. The highest BCUT2D eigenvalue weighted by atomic mass is 32.2. The van der Waals surface area contributed by atoms with E-state index in [0.717, 1.165) is 12.1 Å². The molecule has 0 unspecified atom stereocenters. The van der Waals surface area contributed by atoms with Crippen molar-refractivity contribution in [2.75, 3.05) is 31.2 Å². The molecular weight excluding hydrogens is 354 g/mol. The van der Waals surface area contributed by atoms with E-state index in [-0.39, 0.29) is 12.4 Å². The topological polar surface area (TPSA) is 84.4 Å². The first-order valence-corrected chi connectivity index (χ1v) is 9.03. The van der Waals surface area contributed by atoms with Gasteiger partial charge >= 0.3 is 0 Å². The number of aromatic nitrogens is 2. The number of nitrogens with zero attached hydrogens (tertiary/aromatic N) is 3. The van der Waals surface area contributed by atoms with Crippen molar-refractivity contribution in [3.63, 3.8) is 0 Å². The van der Waals surface area contributed by atoms with Crippen LogP contribution in [0.1, 0.15) is 5.82 Å². The van der Waals surface area contributed by atoms with Crippen molar-refractivity contribution in [1.82, 2.24) is 14.7 Å². The van der Waals surface area contributed by atoms with Gasteiger partial charge in [0.2, 0.25) is 10.0 Å². The average Bonchev–Trinajstić information content (AvgIpc) is 2.63. The number of morpholine rings is 1. The predicted octanol–water partition coefficient (Wildman–Crippen LogP) is 1.07. The minimum absolute atomic E-state index is 0.226. The molecular formula is C15H16F2N4O3S. The van der Waals surface area contributed by atoms with Crippen LogP contribution in [-0.2, 0) is 21.3 Å². The van der Waals surface area contributed by atoms with Crippen LogP contribution in [-0.4, -0.2) is 44.7 Å². The molecule has 1 aliphatic rings. The number of halogens is 2. The van der Waals surface area contributed by atoms with Crippen LogP contribution in [0.5, 0.6) is 0 Å². The average molecular weight is 370 g/mol. The lowest BCUT2D eigenvalue weighted by Gasteiger charge is -2.27. The molecule has 2 aromatic rings. The molecule has 3 rings (SSSR count). The van der Waals surface area contributed by atoms with Crippen LogP contribution >= 0.6 is 0 Å². The van der Waals surface area contributed by atoms with Gasteiger partial charge in [-0.25, -0.2) is 31.9 Å². The Morgan fingerprint density at radius 1 is 1.20 bits per heavy atom. The summed E-state index contributed by atoms with van der Waals surface area (Å²) in [6, 6.07) is 3.96. The second-order valence-corrected chi connectivity index (χ2v) is 7.07. The zero-order chi connectivity index (χ0) is 17.9. The molecule has 1 aromatic heterocycles. The molecule has 7 nitrogen and oxygen atoms in total. The standard InChI is InChI=1S/C15H16F2N4O3S/c16-11-1-2-12(17)13(9-11)25(22,23)19-10-14-18-4-3-15(20-14)21-5-7-24-8-6-21/h1-4,9,19H,5-8,10H2. The molecule has 1 aromatic carbocycles. The number of sulfonamides is 1. The minimum atomic E-state index is -4.23. The summed E-state index contributed by atoms with van der Waals surface area (Å²) in [6.07, 6.45) is 1.52. The summed E-state index contributed by atoms with van der Waals surface area (Å²) in [5.41, 5.74) is 0. The summed E-state index contributed by atoms with van der Waals surface area (Å²) >= 11 is 0. The van der Waals surface area contributed by atoms with Crippen molar-refractivity contribution in [3.05, 3.63) is 47.9 Å². The Hall–Kier alpha value is -2.17. The Balaban J connectivity index is 1.73. The second kappa shape index (κ2) is 7.38. The summed E-state index contributed by atoms with van der Waals surface area (Å²) in [4.78, 5) is 9.55. The number of anilines is 1. The molecule has 25 heavy (non-hydrogen) atoms. The molecule has 0 spiro atoms. The minimum Gasteiger partial charge on any atom is -0.378 e.